The molecule has 2 aromatic heterocycles. The van der Waals surface area contributed by atoms with Gasteiger partial charge in [0.25, 0.3) is 5.91 Å². The maximum atomic E-state index is 12.1. The second kappa shape index (κ2) is 7.03. The van der Waals surface area contributed by atoms with Gasteiger partial charge in [-0.3, -0.25) is 4.79 Å². The predicted molar refractivity (Wildman–Crippen MR) is 78.2 cm³/mol. The highest BCUT2D eigenvalue weighted by Crippen LogP contribution is 2.14. The first-order valence-electron chi connectivity index (χ1n) is 6.57. The Hall–Kier alpha value is -2.15. The van der Waals surface area contributed by atoms with Gasteiger partial charge in [0.1, 0.15) is 11.0 Å². The first-order chi connectivity index (χ1) is 10.1. The van der Waals surface area contributed by atoms with Gasteiger partial charge in [0, 0.05) is 19.0 Å². The van der Waals surface area contributed by atoms with Crippen molar-refractivity contribution in [2.24, 2.45) is 0 Å². The molecule has 0 atom stereocenters. The summed E-state index contributed by atoms with van der Waals surface area (Å²) >= 11 is 5.92. The molecule has 7 nitrogen and oxygen atoms in total. The quantitative estimate of drug-likeness (QED) is 0.794. The molecule has 2 aromatic rings. The molecule has 2 heterocycles. The second-order valence-electron chi connectivity index (χ2n) is 4.40. The van der Waals surface area contributed by atoms with E-state index in [0.29, 0.717) is 23.1 Å². The molecule has 2 N–H and O–H groups in total. The highest BCUT2D eigenvalue weighted by Gasteiger charge is 2.10. The maximum Gasteiger partial charge on any atom is 0.251 e. The average molecular weight is 310 g/mol. The summed E-state index contributed by atoms with van der Waals surface area (Å²) in [6.45, 7) is 4.68. The first kappa shape index (κ1) is 15.2. The van der Waals surface area contributed by atoms with Crippen molar-refractivity contribution in [1.29, 1.82) is 0 Å². The van der Waals surface area contributed by atoms with Crippen LogP contribution in [0, 0.1) is 6.92 Å². The van der Waals surface area contributed by atoms with E-state index in [1.54, 1.807) is 13.0 Å². The fourth-order valence-electron chi connectivity index (χ4n) is 1.65. The maximum absolute atomic E-state index is 12.1. The average Bonchev–Trinajstić information content (AvgIpc) is 2.87. The molecule has 0 aliphatic heterocycles. The standard InChI is InChI=1S/C13H16ClN5O2/c1-3-4-15-11-6-9(5-10(14)18-11)13(20)16-7-12-17-8(2)21-19-12/h5-6H,3-4,7H2,1-2H3,(H,15,18)(H,16,20). The largest absolute Gasteiger partial charge is 0.370 e. The van der Waals surface area contributed by atoms with Gasteiger partial charge in [-0.15, -0.1) is 0 Å². The van der Waals surface area contributed by atoms with Crippen molar-refractivity contribution >= 4 is 23.3 Å². The molecule has 0 saturated carbocycles. The molecule has 0 aromatic carbocycles. The van der Waals surface area contributed by atoms with Gasteiger partial charge in [0.05, 0.1) is 6.54 Å². The Morgan fingerprint density at radius 2 is 2.19 bits per heavy atom. The summed E-state index contributed by atoms with van der Waals surface area (Å²) in [4.78, 5) is 20.2. The summed E-state index contributed by atoms with van der Waals surface area (Å²) in [6, 6.07) is 3.16. The van der Waals surface area contributed by atoms with Crippen molar-refractivity contribution in [1.82, 2.24) is 20.4 Å². The predicted octanol–water partition coefficient (Wildman–Crippen LogP) is 2.18. The Balaban J connectivity index is 2.02. The zero-order valence-corrected chi connectivity index (χ0v) is 12.6. The van der Waals surface area contributed by atoms with Gasteiger partial charge in [0.2, 0.25) is 5.89 Å². The molecule has 8 heteroatoms. The number of carbonyl (C=O) groups excluding carboxylic acids is 1. The Morgan fingerprint density at radius 1 is 1.38 bits per heavy atom. The number of anilines is 1. The molecular formula is C13H16ClN5O2. The SMILES string of the molecule is CCCNc1cc(C(=O)NCc2noc(C)n2)cc(Cl)n1. The second-order valence-corrected chi connectivity index (χ2v) is 4.79. The fraction of sp³-hybridized carbons (Fsp3) is 0.385. The van der Waals surface area contributed by atoms with E-state index < -0.39 is 0 Å². The van der Waals surface area contributed by atoms with Crippen LogP contribution < -0.4 is 10.6 Å². The molecular weight excluding hydrogens is 294 g/mol. The minimum atomic E-state index is -0.277. The van der Waals surface area contributed by atoms with E-state index in [-0.39, 0.29) is 17.6 Å². The lowest BCUT2D eigenvalue weighted by Crippen LogP contribution is -2.23. The number of nitrogens with zero attached hydrogens (tertiary/aromatic N) is 3. The lowest BCUT2D eigenvalue weighted by molar-refractivity contribution is 0.0949. The minimum Gasteiger partial charge on any atom is -0.370 e. The summed E-state index contributed by atoms with van der Waals surface area (Å²) in [7, 11) is 0. The zero-order valence-electron chi connectivity index (χ0n) is 11.8. The number of carbonyl (C=O) groups is 1. The third kappa shape index (κ3) is 4.42. The highest BCUT2D eigenvalue weighted by atomic mass is 35.5. The normalized spacial score (nSPS) is 10.4. The summed E-state index contributed by atoms with van der Waals surface area (Å²) in [5.74, 6) is 1.17. The van der Waals surface area contributed by atoms with Crippen molar-refractivity contribution < 1.29 is 9.32 Å². The Bertz CT molecular complexity index is 629. The summed E-state index contributed by atoms with van der Waals surface area (Å²) < 4.78 is 4.83. The van der Waals surface area contributed by atoms with Gasteiger partial charge in [0.15, 0.2) is 5.82 Å². The van der Waals surface area contributed by atoms with Crippen LogP contribution in [-0.2, 0) is 6.54 Å². The summed E-state index contributed by atoms with van der Waals surface area (Å²) in [5, 5.41) is 9.76. The molecule has 0 unspecified atom stereocenters. The van der Waals surface area contributed by atoms with E-state index in [4.69, 9.17) is 16.1 Å². The monoisotopic (exact) mass is 309 g/mol. The Kier molecular flexibility index (Phi) is 5.10. The zero-order chi connectivity index (χ0) is 15.2. The molecule has 0 bridgehead atoms. The van der Waals surface area contributed by atoms with E-state index in [0.717, 1.165) is 13.0 Å². The van der Waals surface area contributed by atoms with E-state index >= 15 is 0 Å². The Morgan fingerprint density at radius 3 is 2.86 bits per heavy atom. The van der Waals surface area contributed by atoms with E-state index in [2.05, 4.69) is 25.8 Å². The smallest absolute Gasteiger partial charge is 0.251 e. The topological polar surface area (TPSA) is 92.9 Å². The van der Waals surface area contributed by atoms with Gasteiger partial charge < -0.3 is 15.2 Å². The molecule has 0 aliphatic rings. The lowest BCUT2D eigenvalue weighted by atomic mass is 10.2. The van der Waals surface area contributed by atoms with Crippen LogP contribution in [0.25, 0.3) is 0 Å². The number of aryl methyl sites for hydroxylation is 1. The number of hydrogen-bond donors (Lipinski definition) is 2. The van der Waals surface area contributed by atoms with Gasteiger partial charge in [-0.2, -0.15) is 4.98 Å². The molecule has 0 saturated heterocycles. The van der Waals surface area contributed by atoms with Crippen molar-refractivity contribution in [3.63, 3.8) is 0 Å². The number of rotatable bonds is 6. The third-order valence-electron chi connectivity index (χ3n) is 2.59. The number of hydrogen-bond acceptors (Lipinski definition) is 6. The summed E-state index contributed by atoms with van der Waals surface area (Å²) in [5.41, 5.74) is 0.425. The van der Waals surface area contributed by atoms with Crippen LogP contribution in [0.1, 0.15) is 35.4 Å². The lowest BCUT2D eigenvalue weighted by Gasteiger charge is -2.07. The van der Waals surface area contributed by atoms with E-state index in [1.807, 2.05) is 6.92 Å². The third-order valence-corrected chi connectivity index (χ3v) is 2.78. The number of nitrogens with one attached hydrogen (secondary N) is 2. The number of amides is 1. The van der Waals surface area contributed by atoms with E-state index in [9.17, 15) is 4.79 Å². The van der Waals surface area contributed by atoms with Gasteiger partial charge in [-0.05, 0) is 18.6 Å². The number of pyridine rings is 1. The molecule has 0 spiro atoms. The molecule has 21 heavy (non-hydrogen) atoms. The molecule has 0 radical (unpaired) electrons. The van der Waals surface area contributed by atoms with Crippen molar-refractivity contribution in [3.8, 4) is 0 Å². The van der Waals surface area contributed by atoms with E-state index in [1.165, 1.54) is 6.07 Å². The molecule has 0 aliphatic carbocycles. The van der Waals surface area contributed by atoms with Crippen LogP contribution >= 0.6 is 11.6 Å². The molecule has 1 amide bonds. The first-order valence-corrected chi connectivity index (χ1v) is 6.95. The molecule has 112 valence electrons. The summed E-state index contributed by atoms with van der Waals surface area (Å²) in [6.07, 6.45) is 0.951. The van der Waals surface area contributed by atoms with Crippen molar-refractivity contribution in [2.75, 3.05) is 11.9 Å². The van der Waals surface area contributed by atoms with Crippen LogP contribution in [0.4, 0.5) is 5.82 Å². The van der Waals surface area contributed by atoms with Gasteiger partial charge in [-0.25, -0.2) is 4.98 Å². The molecule has 2 rings (SSSR count). The van der Waals surface area contributed by atoms with Gasteiger partial charge >= 0.3 is 0 Å². The van der Waals surface area contributed by atoms with Crippen LogP contribution in [0.2, 0.25) is 5.15 Å². The van der Waals surface area contributed by atoms with Crippen LogP contribution in [0.15, 0.2) is 16.7 Å². The fourth-order valence-corrected chi connectivity index (χ4v) is 1.85. The van der Waals surface area contributed by atoms with Crippen molar-refractivity contribution in [2.45, 2.75) is 26.8 Å². The van der Waals surface area contributed by atoms with Crippen LogP contribution in [0.5, 0.6) is 0 Å². The van der Waals surface area contributed by atoms with Crippen LogP contribution in [0.3, 0.4) is 0 Å². The van der Waals surface area contributed by atoms with Gasteiger partial charge in [-0.1, -0.05) is 23.7 Å². The Labute approximate surface area is 127 Å². The molecule has 0 fully saturated rings. The van der Waals surface area contributed by atoms with Crippen molar-refractivity contribution in [3.05, 3.63) is 34.6 Å². The minimum absolute atomic E-state index is 0.188. The number of aromatic nitrogens is 3. The highest BCUT2D eigenvalue weighted by molar-refractivity contribution is 6.29. The number of halogens is 1. The van der Waals surface area contributed by atoms with Crippen LogP contribution in [-0.4, -0.2) is 27.6 Å².